The average molecular weight is 815 g/mol. The average Bonchev–Trinajstić information content (AvgIpc) is 3.22. The number of hydrogen-bond acceptors (Lipinski definition) is 9. The molecule has 1 aliphatic rings. The molecule has 58 heavy (non-hydrogen) atoms. The molecule has 6 unspecified atom stereocenters. The van der Waals surface area contributed by atoms with Gasteiger partial charge in [-0.15, -0.1) is 0 Å². The second-order valence-corrected chi connectivity index (χ2v) is 15.1. The Morgan fingerprint density at radius 3 is 1.60 bits per heavy atom. The third kappa shape index (κ3) is 30.4. The lowest BCUT2D eigenvalue weighted by atomic mass is 9.99. The van der Waals surface area contributed by atoms with Crippen LogP contribution in [-0.2, 0) is 23.7 Å². The topological polar surface area (TPSA) is 135 Å². The van der Waals surface area contributed by atoms with E-state index in [1.165, 1.54) is 44.9 Å². The molecule has 1 rings (SSSR count). The highest BCUT2D eigenvalue weighted by molar-refractivity contribution is 5.69. The first-order valence-electron chi connectivity index (χ1n) is 22.7. The Labute approximate surface area is 352 Å². The van der Waals surface area contributed by atoms with Gasteiger partial charge >= 0.3 is 5.97 Å². The Morgan fingerprint density at radius 2 is 1.05 bits per heavy atom. The molecule has 0 aromatic carbocycles. The molecule has 0 radical (unpaired) electrons. The number of ether oxygens (including phenoxy) is 4. The molecule has 0 aromatic heterocycles. The van der Waals surface area contributed by atoms with Gasteiger partial charge in [0.1, 0.15) is 30.5 Å². The van der Waals surface area contributed by atoms with Crippen LogP contribution in [0.25, 0.3) is 0 Å². The number of unbranched alkanes of at least 4 members (excludes halogenated alkanes) is 12. The first kappa shape index (κ1) is 53.4. The van der Waals surface area contributed by atoms with Crippen LogP contribution < -0.4 is 0 Å². The summed E-state index contributed by atoms with van der Waals surface area (Å²) in [7, 11) is 0. The van der Waals surface area contributed by atoms with Crippen LogP contribution >= 0.6 is 0 Å². The predicted octanol–water partition coefficient (Wildman–Crippen LogP) is 10.2. The summed E-state index contributed by atoms with van der Waals surface area (Å²) in [5.41, 5.74) is 0. The summed E-state index contributed by atoms with van der Waals surface area (Å²) < 4.78 is 22.7. The molecule has 0 aromatic rings. The third-order valence-corrected chi connectivity index (χ3v) is 9.80. The fourth-order valence-electron chi connectivity index (χ4n) is 6.27. The molecule has 4 N–H and O–H groups in total. The highest BCUT2D eigenvalue weighted by Crippen LogP contribution is 2.22. The van der Waals surface area contributed by atoms with Crippen molar-refractivity contribution in [1.82, 2.24) is 0 Å². The molecule has 1 saturated heterocycles. The standard InChI is InChI=1S/C49H82O9/c1-3-5-7-9-11-13-15-17-19-20-21-22-23-25-27-29-31-33-35-37-39-55-41-43(42-56-49-48(54)47(53)46(52)44(40-50)58-49)57-45(51)38-36-34-32-30-28-26-24-18-16-14-12-10-8-6-4-2/h5,7,11,13,17-19,21-22,24-25,27,31,33,43-44,46-50,52-54H,3-4,6,8-10,12,14-16,20,23,26,28-30,32,34-42H2,1-2H3/b7-5-,13-11-,19-17-,22-21-,24-18-,27-25-,33-31-. The number of esters is 1. The highest BCUT2D eigenvalue weighted by Gasteiger charge is 2.44. The predicted molar refractivity (Wildman–Crippen MR) is 237 cm³/mol. The molecular formula is C49H82O9. The number of aliphatic hydroxyl groups is 4. The van der Waals surface area contributed by atoms with E-state index in [1.807, 2.05) is 0 Å². The molecule has 1 aliphatic heterocycles. The quantitative estimate of drug-likeness (QED) is 0.0275. The summed E-state index contributed by atoms with van der Waals surface area (Å²) >= 11 is 0. The van der Waals surface area contributed by atoms with Gasteiger partial charge in [-0.2, -0.15) is 0 Å². The minimum absolute atomic E-state index is 0.0965. The Hall–Kier alpha value is -2.63. The fourth-order valence-corrected chi connectivity index (χ4v) is 6.27. The minimum Gasteiger partial charge on any atom is -0.457 e. The van der Waals surface area contributed by atoms with E-state index < -0.39 is 43.4 Å². The van der Waals surface area contributed by atoms with Gasteiger partial charge < -0.3 is 39.4 Å². The Morgan fingerprint density at radius 1 is 0.569 bits per heavy atom. The van der Waals surface area contributed by atoms with Crippen molar-refractivity contribution >= 4 is 5.97 Å². The lowest BCUT2D eigenvalue weighted by molar-refractivity contribution is -0.305. The Kier molecular flexibility index (Phi) is 36.6. The van der Waals surface area contributed by atoms with Crippen LogP contribution in [0.15, 0.2) is 85.1 Å². The Balaban J connectivity index is 2.33. The SMILES string of the molecule is CC/C=C\C/C=C\C/C=C\C/C=C\C/C=C\C/C=C\CCCOCC(COC1OC(CO)C(O)C(O)C1O)OC(=O)CCCCCCC/C=C\CCCCCCCC. The maximum Gasteiger partial charge on any atom is 0.306 e. The number of allylic oxidation sites excluding steroid dienone is 14. The maximum absolute atomic E-state index is 12.8. The number of hydrogen-bond donors (Lipinski definition) is 4. The van der Waals surface area contributed by atoms with Crippen molar-refractivity contribution in [2.75, 3.05) is 26.4 Å². The van der Waals surface area contributed by atoms with Crippen molar-refractivity contribution in [2.45, 2.75) is 192 Å². The van der Waals surface area contributed by atoms with Crippen molar-refractivity contribution in [3.05, 3.63) is 85.1 Å². The van der Waals surface area contributed by atoms with Gasteiger partial charge in [-0.1, -0.05) is 150 Å². The number of aliphatic hydroxyl groups excluding tert-OH is 4. The molecule has 1 fully saturated rings. The van der Waals surface area contributed by atoms with Gasteiger partial charge in [0, 0.05) is 13.0 Å². The van der Waals surface area contributed by atoms with Crippen LogP contribution in [0.5, 0.6) is 0 Å². The number of rotatable bonds is 37. The molecule has 0 bridgehead atoms. The highest BCUT2D eigenvalue weighted by atomic mass is 16.7. The van der Waals surface area contributed by atoms with Crippen molar-refractivity contribution in [3.63, 3.8) is 0 Å². The van der Waals surface area contributed by atoms with Crippen LogP contribution in [0.3, 0.4) is 0 Å². The van der Waals surface area contributed by atoms with E-state index in [0.717, 1.165) is 89.9 Å². The smallest absolute Gasteiger partial charge is 0.306 e. The van der Waals surface area contributed by atoms with Gasteiger partial charge in [-0.3, -0.25) is 4.79 Å². The van der Waals surface area contributed by atoms with Crippen molar-refractivity contribution in [1.29, 1.82) is 0 Å². The first-order chi connectivity index (χ1) is 28.4. The zero-order chi connectivity index (χ0) is 42.2. The molecular weight excluding hydrogens is 733 g/mol. The van der Waals surface area contributed by atoms with Crippen LogP contribution in [0.4, 0.5) is 0 Å². The normalized spacial score (nSPS) is 21.1. The van der Waals surface area contributed by atoms with E-state index in [0.29, 0.717) is 6.61 Å². The molecule has 0 spiro atoms. The molecule has 9 heteroatoms. The van der Waals surface area contributed by atoms with Gasteiger partial charge in [0.25, 0.3) is 0 Å². The van der Waals surface area contributed by atoms with Crippen LogP contribution in [0.1, 0.15) is 155 Å². The summed E-state index contributed by atoms with van der Waals surface area (Å²) in [4.78, 5) is 12.8. The molecule has 6 atom stereocenters. The summed E-state index contributed by atoms with van der Waals surface area (Å²) in [5.74, 6) is -0.346. The molecule has 9 nitrogen and oxygen atoms in total. The van der Waals surface area contributed by atoms with Crippen LogP contribution in [0.2, 0.25) is 0 Å². The van der Waals surface area contributed by atoms with E-state index in [4.69, 9.17) is 18.9 Å². The van der Waals surface area contributed by atoms with E-state index >= 15 is 0 Å². The molecule has 0 amide bonds. The van der Waals surface area contributed by atoms with E-state index in [9.17, 15) is 25.2 Å². The lowest BCUT2D eigenvalue weighted by Gasteiger charge is -2.39. The second kappa shape index (κ2) is 39.8. The van der Waals surface area contributed by atoms with Gasteiger partial charge in [0.2, 0.25) is 0 Å². The van der Waals surface area contributed by atoms with Crippen molar-refractivity contribution in [2.24, 2.45) is 0 Å². The van der Waals surface area contributed by atoms with Gasteiger partial charge in [-0.05, 0) is 83.5 Å². The molecule has 1 heterocycles. The van der Waals surface area contributed by atoms with Crippen molar-refractivity contribution in [3.8, 4) is 0 Å². The molecule has 0 saturated carbocycles. The van der Waals surface area contributed by atoms with Gasteiger partial charge in [0.05, 0.1) is 19.8 Å². The molecule has 332 valence electrons. The summed E-state index contributed by atoms with van der Waals surface area (Å²) in [6, 6.07) is 0. The second-order valence-electron chi connectivity index (χ2n) is 15.1. The first-order valence-corrected chi connectivity index (χ1v) is 22.7. The van der Waals surface area contributed by atoms with Gasteiger partial charge in [0.15, 0.2) is 6.29 Å². The summed E-state index contributed by atoms with van der Waals surface area (Å²) in [6.45, 7) is 4.26. The monoisotopic (exact) mass is 815 g/mol. The molecule has 0 aliphatic carbocycles. The van der Waals surface area contributed by atoms with Crippen LogP contribution in [0, 0.1) is 0 Å². The van der Waals surface area contributed by atoms with Crippen molar-refractivity contribution < 1.29 is 44.2 Å². The number of carbonyl (C=O) groups excluding carboxylic acids is 1. The minimum atomic E-state index is -1.55. The fraction of sp³-hybridized carbons (Fsp3) is 0.694. The largest absolute Gasteiger partial charge is 0.457 e. The lowest BCUT2D eigenvalue weighted by Crippen LogP contribution is -2.59. The van der Waals surface area contributed by atoms with E-state index in [2.05, 4.69) is 98.9 Å². The number of carbonyl (C=O) groups is 1. The third-order valence-electron chi connectivity index (χ3n) is 9.80. The van der Waals surface area contributed by atoms with E-state index in [-0.39, 0.29) is 25.6 Å². The van der Waals surface area contributed by atoms with Crippen LogP contribution in [-0.4, -0.2) is 89.6 Å². The van der Waals surface area contributed by atoms with Gasteiger partial charge in [-0.25, -0.2) is 0 Å². The summed E-state index contributed by atoms with van der Waals surface area (Å²) in [5, 5.41) is 40.1. The Bertz CT molecular complexity index is 1150. The van der Waals surface area contributed by atoms with E-state index in [1.54, 1.807) is 0 Å². The summed E-state index contributed by atoms with van der Waals surface area (Å²) in [6.07, 6.45) is 46.2. The zero-order valence-electron chi connectivity index (χ0n) is 36.3. The zero-order valence-corrected chi connectivity index (χ0v) is 36.3. The maximum atomic E-state index is 12.8.